The summed E-state index contributed by atoms with van der Waals surface area (Å²) in [6, 6.07) is 0. The molecule has 86 valence electrons. The highest BCUT2D eigenvalue weighted by molar-refractivity contribution is 7.80. The predicted octanol–water partition coefficient (Wildman–Crippen LogP) is 0.594. The molecule has 0 bridgehead atoms. The van der Waals surface area contributed by atoms with Gasteiger partial charge in [0.15, 0.2) is 0 Å². The van der Waals surface area contributed by atoms with E-state index in [0.29, 0.717) is 24.6 Å². The zero-order valence-electron chi connectivity index (χ0n) is 9.21. The van der Waals surface area contributed by atoms with E-state index in [0.717, 1.165) is 6.42 Å². The summed E-state index contributed by atoms with van der Waals surface area (Å²) in [7, 11) is 0. The second-order valence-corrected chi connectivity index (χ2v) is 4.54. The fraction of sp³-hybridized carbons (Fsp3) is 0.800. The molecule has 0 aromatic carbocycles. The fourth-order valence-corrected chi connectivity index (χ4v) is 1.63. The number of nitrogens with one attached hydrogen (secondary N) is 1. The van der Waals surface area contributed by atoms with Gasteiger partial charge in [-0.2, -0.15) is 0 Å². The van der Waals surface area contributed by atoms with Crippen LogP contribution in [0.15, 0.2) is 0 Å². The van der Waals surface area contributed by atoms with E-state index < -0.39 is 5.54 Å². The highest BCUT2D eigenvalue weighted by Crippen LogP contribution is 2.16. The molecule has 0 radical (unpaired) electrons. The van der Waals surface area contributed by atoms with Crippen LogP contribution in [0.4, 0.5) is 0 Å². The molecule has 0 saturated carbocycles. The lowest BCUT2D eigenvalue weighted by Gasteiger charge is -2.29. The Balaban J connectivity index is 2.58. The van der Waals surface area contributed by atoms with Crippen LogP contribution in [0.1, 0.15) is 26.7 Å². The molecule has 0 aromatic heterocycles. The summed E-state index contributed by atoms with van der Waals surface area (Å²) in [5.41, 5.74) is 5.04. The molecule has 0 aliphatic carbocycles. The zero-order chi connectivity index (χ0) is 11.5. The van der Waals surface area contributed by atoms with Gasteiger partial charge in [0, 0.05) is 6.61 Å². The van der Waals surface area contributed by atoms with E-state index in [-0.39, 0.29) is 11.8 Å². The first-order chi connectivity index (χ1) is 6.99. The normalized spacial score (nSPS) is 24.5. The summed E-state index contributed by atoms with van der Waals surface area (Å²) in [5.74, 6) is -0.0603. The molecular formula is C10H18N2O2S. The molecule has 2 atom stereocenters. The summed E-state index contributed by atoms with van der Waals surface area (Å²) >= 11 is 4.95. The Hall–Kier alpha value is -0.680. The maximum Gasteiger partial charge on any atom is 0.226 e. The Morgan fingerprint density at radius 1 is 1.73 bits per heavy atom. The van der Waals surface area contributed by atoms with Crippen molar-refractivity contribution in [3.8, 4) is 0 Å². The minimum atomic E-state index is -0.574. The van der Waals surface area contributed by atoms with Gasteiger partial charge in [0.05, 0.1) is 23.1 Å². The van der Waals surface area contributed by atoms with E-state index in [2.05, 4.69) is 5.32 Å². The lowest BCUT2D eigenvalue weighted by Crippen LogP contribution is -2.55. The van der Waals surface area contributed by atoms with Crippen molar-refractivity contribution in [1.29, 1.82) is 0 Å². The monoisotopic (exact) mass is 230 g/mol. The number of amides is 1. The molecule has 15 heavy (non-hydrogen) atoms. The van der Waals surface area contributed by atoms with Crippen LogP contribution >= 0.6 is 12.2 Å². The highest BCUT2D eigenvalue weighted by atomic mass is 32.1. The maximum atomic E-state index is 11.8. The number of rotatable bonds is 4. The third-order valence-corrected chi connectivity index (χ3v) is 3.40. The number of nitrogens with two attached hydrogens (primary N) is 1. The van der Waals surface area contributed by atoms with Gasteiger partial charge in [0.2, 0.25) is 5.91 Å². The molecule has 4 nitrogen and oxygen atoms in total. The van der Waals surface area contributed by atoms with Crippen molar-refractivity contribution in [3.05, 3.63) is 0 Å². The van der Waals surface area contributed by atoms with Crippen molar-refractivity contribution >= 4 is 23.1 Å². The number of carbonyl (C=O) groups excluding carboxylic acids is 1. The smallest absolute Gasteiger partial charge is 0.226 e. The number of carbonyl (C=O) groups is 1. The molecular weight excluding hydrogens is 212 g/mol. The van der Waals surface area contributed by atoms with Crippen molar-refractivity contribution < 1.29 is 9.53 Å². The van der Waals surface area contributed by atoms with Gasteiger partial charge in [-0.05, 0) is 19.8 Å². The van der Waals surface area contributed by atoms with Crippen LogP contribution in [0.5, 0.6) is 0 Å². The minimum Gasteiger partial charge on any atom is -0.391 e. The standard InChI is InChI=1S/C10H18N2O2S/c1-3-10(2,9(11)15)12-8(13)7-4-5-14-6-7/h7H,3-6H2,1-2H3,(H2,11,15)(H,12,13). The van der Waals surface area contributed by atoms with Crippen LogP contribution in [-0.4, -0.2) is 29.6 Å². The number of hydrogen-bond donors (Lipinski definition) is 2. The van der Waals surface area contributed by atoms with E-state index >= 15 is 0 Å². The van der Waals surface area contributed by atoms with Gasteiger partial charge in [0.25, 0.3) is 0 Å². The van der Waals surface area contributed by atoms with Gasteiger partial charge in [-0.3, -0.25) is 4.79 Å². The molecule has 1 fully saturated rings. The number of ether oxygens (including phenoxy) is 1. The van der Waals surface area contributed by atoms with Gasteiger partial charge in [-0.15, -0.1) is 0 Å². The fourth-order valence-electron chi connectivity index (χ4n) is 1.44. The van der Waals surface area contributed by atoms with Gasteiger partial charge < -0.3 is 15.8 Å². The summed E-state index contributed by atoms with van der Waals surface area (Å²) < 4.78 is 5.16. The van der Waals surface area contributed by atoms with Crippen LogP contribution in [0.3, 0.4) is 0 Å². The summed E-state index contributed by atoms with van der Waals surface area (Å²) in [5, 5.41) is 2.90. The lowest BCUT2D eigenvalue weighted by molar-refractivity contribution is -0.126. The van der Waals surface area contributed by atoms with Crippen LogP contribution in [0, 0.1) is 5.92 Å². The predicted molar refractivity (Wildman–Crippen MR) is 62.6 cm³/mol. The van der Waals surface area contributed by atoms with E-state index in [1.807, 2.05) is 13.8 Å². The average Bonchev–Trinajstić information content (AvgIpc) is 2.70. The Kier molecular flexibility index (Phi) is 4.04. The van der Waals surface area contributed by atoms with E-state index in [4.69, 9.17) is 22.7 Å². The van der Waals surface area contributed by atoms with Crippen LogP contribution in [0.25, 0.3) is 0 Å². The largest absolute Gasteiger partial charge is 0.391 e. The second-order valence-electron chi connectivity index (χ2n) is 4.10. The number of thiocarbonyl (C=S) groups is 1. The van der Waals surface area contributed by atoms with Crippen molar-refractivity contribution in [1.82, 2.24) is 5.32 Å². The van der Waals surface area contributed by atoms with E-state index in [9.17, 15) is 4.79 Å². The third-order valence-electron chi connectivity index (χ3n) is 2.95. The van der Waals surface area contributed by atoms with Crippen LogP contribution in [-0.2, 0) is 9.53 Å². The highest BCUT2D eigenvalue weighted by Gasteiger charge is 2.32. The summed E-state index contributed by atoms with van der Waals surface area (Å²) in [6.07, 6.45) is 1.48. The second kappa shape index (κ2) is 4.90. The molecule has 1 aliphatic rings. The third kappa shape index (κ3) is 2.89. The Morgan fingerprint density at radius 2 is 2.40 bits per heavy atom. The first-order valence-electron chi connectivity index (χ1n) is 5.19. The summed E-state index contributed by atoms with van der Waals surface area (Å²) in [4.78, 5) is 12.1. The van der Waals surface area contributed by atoms with Crippen molar-refractivity contribution in [2.24, 2.45) is 11.7 Å². The first kappa shape index (κ1) is 12.4. The van der Waals surface area contributed by atoms with Gasteiger partial charge >= 0.3 is 0 Å². The van der Waals surface area contributed by atoms with Crippen molar-refractivity contribution in [3.63, 3.8) is 0 Å². The molecule has 0 aromatic rings. The lowest BCUT2D eigenvalue weighted by atomic mass is 9.97. The van der Waals surface area contributed by atoms with Gasteiger partial charge in [0.1, 0.15) is 0 Å². The molecule has 1 aliphatic heterocycles. The summed E-state index contributed by atoms with van der Waals surface area (Å²) in [6.45, 7) is 4.96. The van der Waals surface area contributed by atoms with Crippen molar-refractivity contribution in [2.45, 2.75) is 32.2 Å². The number of hydrogen-bond acceptors (Lipinski definition) is 3. The molecule has 5 heteroatoms. The molecule has 3 N–H and O–H groups in total. The van der Waals surface area contributed by atoms with Crippen molar-refractivity contribution in [2.75, 3.05) is 13.2 Å². The molecule has 2 unspecified atom stereocenters. The molecule has 1 heterocycles. The van der Waals surface area contributed by atoms with Gasteiger partial charge in [-0.25, -0.2) is 0 Å². The van der Waals surface area contributed by atoms with E-state index in [1.165, 1.54) is 0 Å². The van der Waals surface area contributed by atoms with E-state index in [1.54, 1.807) is 0 Å². The van der Waals surface area contributed by atoms with Crippen LogP contribution < -0.4 is 11.1 Å². The average molecular weight is 230 g/mol. The van der Waals surface area contributed by atoms with Crippen LogP contribution in [0.2, 0.25) is 0 Å². The topological polar surface area (TPSA) is 64.3 Å². The molecule has 1 amide bonds. The van der Waals surface area contributed by atoms with Gasteiger partial charge in [-0.1, -0.05) is 19.1 Å². The Morgan fingerprint density at radius 3 is 2.80 bits per heavy atom. The quantitative estimate of drug-likeness (QED) is 0.694. The zero-order valence-corrected chi connectivity index (χ0v) is 10.0. The maximum absolute atomic E-state index is 11.8. The first-order valence-corrected chi connectivity index (χ1v) is 5.60. The molecule has 1 rings (SSSR count). The Bertz CT molecular complexity index is 264. The molecule has 1 saturated heterocycles. The Labute approximate surface area is 95.5 Å². The SMILES string of the molecule is CCC(C)(NC(=O)C1CCOC1)C(N)=S. The minimum absolute atomic E-state index is 0.00958. The molecule has 0 spiro atoms.